The molecule has 1 heterocycles. The van der Waals surface area contributed by atoms with E-state index in [1.165, 1.54) is 0 Å². The lowest BCUT2D eigenvalue weighted by molar-refractivity contribution is -0.120. The van der Waals surface area contributed by atoms with E-state index < -0.39 is 15.9 Å². The fourth-order valence-electron chi connectivity index (χ4n) is 1.56. The minimum atomic E-state index is -3.06. The third-order valence-electron chi connectivity index (χ3n) is 2.63. The van der Waals surface area contributed by atoms with Crippen LogP contribution in [0.1, 0.15) is 18.4 Å². The summed E-state index contributed by atoms with van der Waals surface area (Å²) in [5.74, 6) is -0.158. The van der Waals surface area contributed by atoms with E-state index in [4.69, 9.17) is 5.73 Å². The van der Waals surface area contributed by atoms with Gasteiger partial charge >= 0.3 is 0 Å². The Morgan fingerprint density at radius 1 is 1.56 bits per heavy atom. The average Bonchev–Trinajstić information content (AvgIpc) is 2.67. The zero-order valence-corrected chi connectivity index (χ0v) is 11.5. The van der Waals surface area contributed by atoms with Crippen molar-refractivity contribution >= 4 is 15.6 Å². The Morgan fingerprint density at radius 2 is 2.22 bits per heavy atom. The van der Waals surface area contributed by atoms with Gasteiger partial charge in [0.15, 0.2) is 0 Å². The van der Waals surface area contributed by atoms with Gasteiger partial charge in [0.2, 0.25) is 0 Å². The summed E-state index contributed by atoms with van der Waals surface area (Å²) in [5, 5.41) is 4.00. The molecular weight excluding hydrogens is 254 g/mol. The summed E-state index contributed by atoms with van der Waals surface area (Å²) in [4.78, 5) is 11.7. The molecule has 0 aliphatic carbocycles. The molecule has 0 saturated heterocycles. The molecule has 0 spiro atoms. The zero-order valence-electron chi connectivity index (χ0n) is 10.7. The molecule has 1 rings (SSSR count). The Bertz CT molecular complexity index is 507. The molecular formula is C11H19N3O3S. The van der Waals surface area contributed by atoms with Crippen LogP contribution < -0.4 is 5.73 Å². The van der Waals surface area contributed by atoms with Gasteiger partial charge < -0.3 is 5.73 Å². The van der Waals surface area contributed by atoms with E-state index in [1.807, 2.05) is 13.2 Å². The molecule has 0 radical (unpaired) electrons. The van der Waals surface area contributed by atoms with Crippen molar-refractivity contribution in [3.63, 3.8) is 0 Å². The van der Waals surface area contributed by atoms with Crippen molar-refractivity contribution in [2.45, 2.75) is 25.3 Å². The van der Waals surface area contributed by atoms with E-state index in [0.29, 0.717) is 12.8 Å². The molecule has 18 heavy (non-hydrogen) atoms. The lowest BCUT2D eigenvalue weighted by atomic mass is 10.0. The van der Waals surface area contributed by atoms with Gasteiger partial charge in [0.05, 0.1) is 18.0 Å². The van der Waals surface area contributed by atoms with Crippen molar-refractivity contribution in [3.05, 3.63) is 18.0 Å². The van der Waals surface area contributed by atoms with E-state index in [1.54, 1.807) is 10.9 Å². The van der Waals surface area contributed by atoms with Crippen molar-refractivity contribution in [2.24, 2.45) is 12.8 Å². The molecule has 1 aromatic rings. The normalized spacial score (nSPS) is 13.5. The molecule has 0 fully saturated rings. The predicted molar refractivity (Wildman–Crippen MR) is 68.8 cm³/mol. The number of nitrogens with two attached hydrogens (primary N) is 1. The van der Waals surface area contributed by atoms with Gasteiger partial charge in [-0.05, 0) is 18.4 Å². The summed E-state index contributed by atoms with van der Waals surface area (Å²) in [5.41, 5.74) is 6.63. The highest BCUT2D eigenvalue weighted by Crippen LogP contribution is 2.04. The maximum absolute atomic E-state index is 11.7. The molecule has 1 aromatic heterocycles. The summed E-state index contributed by atoms with van der Waals surface area (Å²) < 4.78 is 23.6. The number of aromatic nitrogens is 2. The van der Waals surface area contributed by atoms with Crippen LogP contribution in [-0.2, 0) is 28.1 Å². The van der Waals surface area contributed by atoms with Gasteiger partial charge in [0.1, 0.15) is 15.6 Å². The number of Topliss-reactive ketones (excluding diaryl/α,β-unsaturated/α-hetero) is 1. The Labute approximate surface area is 107 Å². The van der Waals surface area contributed by atoms with E-state index >= 15 is 0 Å². The molecule has 0 amide bonds. The van der Waals surface area contributed by atoms with E-state index in [-0.39, 0.29) is 18.0 Å². The van der Waals surface area contributed by atoms with Gasteiger partial charge in [-0.3, -0.25) is 9.48 Å². The minimum Gasteiger partial charge on any atom is -0.321 e. The van der Waals surface area contributed by atoms with Crippen LogP contribution in [0.5, 0.6) is 0 Å². The SMILES string of the molecule is Cn1cc(CCC(=O)C(N)CCS(C)(=O)=O)cn1. The van der Waals surface area contributed by atoms with Gasteiger partial charge in [0.25, 0.3) is 0 Å². The Hall–Kier alpha value is -1.21. The first-order chi connectivity index (χ1) is 8.28. The van der Waals surface area contributed by atoms with E-state index in [2.05, 4.69) is 5.10 Å². The van der Waals surface area contributed by atoms with Crippen molar-refractivity contribution in [1.29, 1.82) is 0 Å². The van der Waals surface area contributed by atoms with Gasteiger partial charge in [0, 0.05) is 25.9 Å². The largest absolute Gasteiger partial charge is 0.321 e. The molecule has 1 atom stereocenters. The number of carbonyl (C=O) groups excluding carboxylic acids is 1. The smallest absolute Gasteiger partial charge is 0.149 e. The first-order valence-electron chi connectivity index (χ1n) is 5.71. The average molecular weight is 273 g/mol. The van der Waals surface area contributed by atoms with Crippen LogP contribution in [0.3, 0.4) is 0 Å². The standard InChI is InChI=1S/C11H19N3O3S/c1-14-8-9(7-13-14)3-4-11(15)10(12)5-6-18(2,16)17/h7-8,10H,3-6,12H2,1-2H3. The van der Waals surface area contributed by atoms with E-state index in [9.17, 15) is 13.2 Å². The van der Waals surface area contributed by atoms with Gasteiger partial charge in [-0.25, -0.2) is 8.42 Å². The van der Waals surface area contributed by atoms with Crippen molar-refractivity contribution < 1.29 is 13.2 Å². The van der Waals surface area contributed by atoms with Crippen LogP contribution in [0.25, 0.3) is 0 Å². The van der Waals surface area contributed by atoms with Crippen molar-refractivity contribution in [2.75, 3.05) is 12.0 Å². The lowest BCUT2D eigenvalue weighted by Gasteiger charge is -2.09. The quantitative estimate of drug-likeness (QED) is 0.735. The van der Waals surface area contributed by atoms with Crippen LogP contribution >= 0.6 is 0 Å². The zero-order chi connectivity index (χ0) is 13.8. The fraction of sp³-hybridized carbons (Fsp3) is 0.636. The lowest BCUT2D eigenvalue weighted by Crippen LogP contribution is -2.32. The minimum absolute atomic E-state index is 0.0488. The number of aryl methyl sites for hydroxylation is 2. The molecule has 102 valence electrons. The second-order valence-electron chi connectivity index (χ2n) is 4.51. The van der Waals surface area contributed by atoms with E-state index in [0.717, 1.165) is 11.8 Å². The Kier molecular flexibility index (Phi) is 5.03. The topological polar surface area (TPSA) is 95.0 Å². The van der Waals surface area contributed by atoms with Crippen LogP contribution in [0.15, 0.2) is 12.4 Å². The Morgan fingerprint density at radius 3 is 2.72 bits per heavy atom. The molecule has 2 N–H and O–H groups in total. The molecule has 7 heteroatoms. The first kappa shape index (κ1) is 14.8. The molecule has 0 bridgehead atoms. The summed E-state index contributed by atoms with van der Waals surface area (Å²) in [6.45, 7) is 0. The van der Waals surface area contributed by atoms with Crippen LogP contribution in [0.2, 0.25) is 0 Å². The predicted octanol–water partition coefficient (Wildman–Crippen LogP) is -0.316. The van der Waals surface area contributed by atoms with Crippen molar-refractivity contribution in [3.8, 4) is 0 Å². The molecule has 6 nitrogen and oxygen atoms in total. The number of nitrogens with zero attached hydrogens (tertiary/aromatic N) is 2. The summed E-state index contributed by atoms with van der Waals surface area (Å²) in [7, 11) is -1.25. The first-order valence-corrected chi connectivity index (χ1v) is 7.77. The number of hydrogen-bond donors (Lipinski definition) is 1. The summed E-state index contributed by atoms with van der Waals surface area (Å²) >= 11 is 0. The summed E-state index contributed by atoms with van der Waals surface area (Å²) in [6, 6.07) is -0.698. The number of rotatable bonds is 7. The molecule has 0 aromatic carbocycles. The highest BCUT2D eigenvalue weighted by molar-refractivity contribution is 7.90. The number of sulfone groups is 1. The van der Waals surface area contributed by atoms with Crippen LogP contribution in [0, 0.1) is 0 Å². The maximum Gasteiger partial charge on any atom is 0.149 e. The van der Waals surface area contributed by atoms with Crippen LogP contribution in [-0.4, -0.2) is 42.0 Å². The second-order valence-corrected chi connectivity index (χ2v) is 6.77. The highest BCUT2D eigenvalue weighted by Gasteiger charge is 2.15. The Balaban J connectivity index is 2.36. The summed E-state index contributed by atoms with van der Waals surface area (Å²) in [6.07, 6.45) is 5.77. The molecule has 0 aliphatic rings. The second kappa shape index (κ2) is 6.10. The number of hydrogen-bond acceptors (Lipinski definition) is 5. The molecule has 0 aliphatic heterocycles. The van der Waals surface area contributed by atoms with Gasteiger partial charge in [-0.1, -0.05) is 0 Å². The highest BCUT2D eigenvalue weighted by atomic mass is 32.2. The third kappa shape index (κ3) is 5.42. The number of carbonyl (C=O) groups is 1. The third-order valence-corrected chi connectivity index (χ3v) is 3.61. The van der Waals surface area contributed by atoms with Crippen molar-refractivity contribution in [1.82, 2.24) is 9.78 Å². The monoisotopic (exact) mass is 273 g/mol. The molecule has 1 unspecified atom stereocenters. The number of ketones is 1. The van der Waals surface area contributed by atoms with Gasteiger partial charge in [-0.15, -0.1) is 0 Å². The van der Waals surface area contributed by atoms with Gasteiger partial charge in [-0.2, -0.15) is 5.10 Å². The van der Waals surface area contributed by atoms with Crippen LogP contribution in [0.4, 0.5) is 0 Å². The maximum atomic E-state index is 11.7. The molecule has 0 saturated carbocycles. The fourth-order valence-corrected chi connectivity index (χ4v) is 2.24.